The van der Waals surface area contributed by atoms with E-state index in [1.165, 1.54) is 76.6 Å². The number of hydrogen-bond donors (Lipinski definition) is 5. The number of amides is 5. The molecular weight excluding hydrogens is 2030 g/mol. The number of aryl methyl sites for hydroxylation is 1. The van der Waals surface area contributed by atoms with Crippen molar-refractivity contribution in [1.29, 1.82) is 0 Å². The number of para-hydroxylation sites is 1. The first-order valence-corrected chi connectivity index (χ1v) is 54.7. The molecule has 11 heterocycles. The molecule has 143 heavy (non-hydrogen) atoms. The van der Waals surface area contributed by atoms with Crippen LogP contribution in [0.3, 0.4) is 0 Å². The van der Waals surface area contributed by atoms with Crippen molar-refractivity contribution >= 4 is 216 Å². The van der Waals surface area contributed by atoms with Crippen molar-refractivity contribution in [2.24, 2.45) is 0 Å². The van der Waals surface area contributed by atoms with E-state index >= 15 is 0 Å². The first-order valence-electron chi connectivity index (χ1n) is 45.2. The van der Waals surface area contributed by atoms with Crippen LogP contribution in [0.15, 0.2) is 275 Å². The van der Waals surface area contributed by atoms with E-state index in [9.17, 15) is 57.6 Å². The quantitative estimate of drug-likeness (QED) is 0.0304. The average Bonchev–Trinajstić information content (AvgIpc) is 1.73. The van der Waals surface area contributed by atoms with Crippen molar-refractivity contribution in [2.45, 2.75) is 103 Å². The van der Waals surface area contributed by atoms with Crippen molar-refractivity contribution in [1.82, 2.24) is 67.4 Å². The monoisotopic (exact) mass is 2140 g/mol. The molecule has 7 aromatic heterocycles. The fourth-order valence-electron chi connectivity index (χ4n) is 16.9. The van der Waals surface area contributed by atoms with E-state index in [0.717, 1.165) is 105 Å². The molecule has 4 atom stereocenters. The lowest BCUT2D eigenvalue weighted by molar-refractivity contribution is -0.142. The van der Waals surface area contributed by atoms with Crippen LogP contribution in [0.2, 0.25) is 15.1 Å². The molecule has 5 N–H and O–H groups in total. The molecule has 47 heteroatoms. The minimum atomic E-state index is -3.84. The van der Waals surface area contributed by atoms with Crippen molar-refractivity contribution in [3.05, 3.63) is 271 Å². The number of fused-ring (bicyclic) bond motifs is 3. The fourth-order valence-corrected chi connectivity index (χ4v) is 23.5. The maximum Gasteiger partial charge on any atom is 0.263 e. The molecule has 5 amide bonds. The van der Waals surface area contributed by atoms with Gasteiger partial charge in [0.15, 0.2) is 11.2 Å². The van der Waals surface area contributed by atoms with Crippen LogP contribution < -0.4 is 53.3 Å². The molecule has 0 spiro atoms. The number of sulfonamides is 4. The number of piperidine rings is 1. The molecule has 37 nitrogen and oxygen atoms in total. The van der Waals surface area contributed by atoms with Gasteiger partial charge in [-0.1, -0.05) is 59.1 Å². The van der Waals surface area contributed by atoms with Crippen molar-refractivity contribution in [3.63, 3.8) is 0 Å². The molecule has 4 aliphatic rings. The van der Waals surface area contributed by atoms with Gasteiger partial charge in [0, 0.05) is 215 Å². The van der Waals surface area contributed by atoms with Gasteiger partial charge in [-0.2, -0.15) is 8.75 Å². The highest BCUT2D eigenvalue weighted by atomic mass is 35.5. The Morgan fingerprint density at radius 2 is 1.06 bits per heavy atom. The van der Waals surface area contributed by atoms with E-state index in [2.05, 4.69) is 77.1 Å². The number of thiazole rings is 1. The predicted molar refractivity (Wildman–Crippen MR) is 568 cm³/mol. The summed E-state index contributed by atoms with van der Waals surface area (Å²) in [6.45, 7) is 14.5. The fraction of sp³-hybridized carbons (Fsp3) is 0.271. The Balaban J connectivity index is 0.000000200. The lowest BCUT2D eigenvalue weighted by Crippen LogP contribution is -2.55. The summed E-state index contributed by atoms with van der Waals surface area (Å²) in [5.41, 5.74) is 6.39. The SMILES string of the molecule is CC(Oc1cccc(Cl)c1Cl)C(=O)N1CCN(c2ccc(S(=O)(=O)Nc3ncns3)cc2)C(=O)C1.COc1ccc2ccn(C(C)C(=O)N3CCN(c4ccc(S(=O)(=O)Nc5nccs5)cc4)CC3C)c2c1.C[C@@H](C(=O)NC1CCN(c2ccc(S(=O)(=O)Nc3ncns3)cc2)CC1)n1ccc2ccccc21.O=C(CCn1ccc2cc(Cl)ccc21)N1CCN(c2ccc(S(=O)(=O)Nc3ccncn3)cc2)CC1.[HH].[HH].[HH].[HH].[HH].[HH]. The third kappa shape index (κ3) is 25.0. The molecule has 0 aliphatic carbocycles. The molecule has 4 saturated heterocycles. The Morgan fingerprint density at radius 3 is 1.64 bits per heavy atom. The lowest BCUT2D eigenvalue weighted by atomic mass is 10.0. The van der Waals surface area contributed by atoms with Crippen LogP contribution in [0.5, 0.6) is 11.5 Å². The Morgan fingerprint density at radius 1 is 0.503 bits per heavy atom. The number of carbonyl (C=O) groups is 5. The average molecular weight is 2140 g/mol. The van der Waals surface area contributed by atoms with Gasteiger partial charge in [-0.15, -0.1) is 11.3 Å². The molecule has 3 unspecified atom stereocenters. The van der Waals surface area contributed by atoms with Gasteiger partial charge < -0.3 is 62.8 Å². The van der Waals surface area contributed by atoms with E-state index in [1.54, 1.807) is 92.3 Å². The number of methoxy groups -OCH3 is 1. The van der Waals surface area contributed by atoms with Crippen LogP contribution in [-0.4, -0.2) is 229 Å². The van der Waals surface area contributed by atoms with Crippen LogP contribution >= 0.6 is 69.2 Å². The number of benzene rings is 8. The number of piperazine rings is 3. The van der Waals surface area contributed by atoms with Gasteiger partial charge in [0.05, 0.1) is 37.2 Å². The largest absolute Gasteiger partial charge is 0.497 e. The molecule has 0 bridgehead atoms. The second-order valence-corrected chi connectivity index (χ2v) is 44.1. The molecule has 4 fully saturated rings. The third-order valence-corrected chi connectivity index (χ3v) is 33.3. The summed E-state index contributed by atoms with van der Waals surface area (Å²) in [7, 11) is -13.3. The van der Waals surface area contributed by atoms with E-state index in [1.807, 2.05) is 161 Å². The zero-order valence-corrected chi connectivity index (χ0v) is 85.7. The second kappa shape index (κ2) is 45.4. The smallest absolute Gasteiger partial charge is 0.263 e. The number of nitrogens with one attached hydrogen (secondary N) is 5. The Labute approximate surface area is 861 Å². The van der Waals surface area contributed by atoms with Crippen LogP contribution in [0.1, 0.15) is 67.6 Å². The molecule has 15 aromatic rings. The minimum Gasteiger partial charge on any atom is -0.497 e. The van der Waals surface area contributed by atoms with Crippen molar-refractivity contribution in [2.75, 3.05) is 124 Å². The van der Waals surface area contributed by atoms with Crippen molar-refractivity contribution < 1.29 is 75.7 Å². The highest BCUT2D eigenvalue weighted by molar-refractivity contribution is 7.93. The maximum atomic E-state index is 13.5. The second-order valence-electron chi connectivity index (χ2n) is 33.6. The number of carbonyl (C=O) groups excluding carboxylic acids is 5. The molecule has 19 rings (SSSR count). The van der Waals surface area contributed by atoms with E-state index in [-0.39, 0.29) is 128 Å². The van der Waals surface area contributed by atoms with Gasteiger partial charge in [0.25, 0.3) is 46.0 Å². The predicted octanol–water partition coefficient (Wildman–Crippen LogP) is 16.2. The molecule has 0 radical (unpaired) electrons. The summed E-state index contributed by atoms with van der Waals surface area (Å²) in [6.07, 6.45) is 14.0. The molecule has 0 saturated carbocycles. The van der Waals surface area contributed by atoms with Crippen LogP contribution in [0, 0.1) is 0 Å². The lowest BCUT2D eigenvalue weighted by Gasteiger charge is -2.42. The molecule has 8 aromatic carbocycles. The number of rotatable bonds is 28. The van der Waals surface area contributed by atoms with Crippen LogP contribution in [0.4, 0.5) is 44.0 Å². The number of anilines is 8. The first-order chi connectivity index (χ1) is 68.7. The maximum absolute atomic E-state index is 13.5. The third-order valence-electron chi connectivity index (χ3n) is 24.6. The number of ether oxygens (including phenoxy) is 2. The van der Waals surface area contributed by atoms with Gasteiger partial charge in [-0.3, -0.25) is 42.9 Å². The van der Waals surface area contributed by atoms with Crippen LogP contribution in [0.25, 0.3) is 32.7 Å². The Bertz CT molecular complexity index is 7520. The normalized spacial score (nSPS) is 15.6. The minimum absolute atomic E-state index is 0. The number of aromatic nitrogens is 10. The van der Waals surface area contributed by atoms with Crippen LogP contribution in [-0.2, 0) is 70.6 Å². The summed E-state index contributed by atoms with van der Waals surface area (Å²) < 4.78 is 135. The zero-order valence-electron chi connectivity index (χ0n) is 77.7. The van der Waals surface area contributed by atoms with E-state index < -0.39 is 46.2 Å². The highest BCUT2D eigenvalue weighted by Gasteiger charge is 2.36. The summed E-state index contributed by atoms with van der Waals surface area (Å²) >= 11 is 21.3. The number of hydrogen-bond acceptors (Lipinski definition) is 28. The van der Waals surface area contributed by atoms with E-state index in [0.29, 0.717) is 79.6 Å². The standard InChI is InChI=1S/C26H29N5O4S2.C25H25ClN6O3S.C24H26N6O3S2.C21H19Cl2N5O5S2.6H2/c1-18-17-29(21-5-8-23(9-6-21)37(33,34)28-26-27-11-15-36-26)13-14-30(18)25(32)19(2)31-12-10-20-4-7-22(35-3)16-24(20)31;26-20-1-6-23-19(17-20)8-11-31(23)12-9-25(33)32-15-13-30(14-16-32)21-2-4-22(5-3-21)36(34,35)29-24-7-10-27-18-28-24;1-17(30-15-10-18-4-2-3-5-22(18)30)23(31)27-19-11-13-29(14-12-19)20-6-8-21(9-7-20)35(32,33)28-24-25-16-26-34-24;1-13(33-17-4-2-3-16(22)19(17)23)20(30)27-9-10-28(18(29)11-27)14-5-7-15(8-6-14)35(31,32)26-21-24-12-25-34-21;;;;;;/h4-12,15-16,18-19H,13-14,17H2,1-3H3,(H,27,28);1-8,10-11,17-18H,9,12-16H2,(H,27,28,29);2-10,15-17,19H,11-14H2,1H3,(H,27,31)(H,25,26,28);2-8,12-13H,9-11H2,1H3,(H,24,25,26);6*1H/t;;17-;;;;;;;/m..0......./s1. The van der Waals surface area contributed by atoms with Crippen molar-refractivity contribution in [3.8, 4) is 11.5 Å². The van der Waals surface area contributed by atoms with Gasteiger partial charge in [-0.25, -0.2) is 58.6 Å². The van der Waals surface area contributed by atoms with E-state index in [4.69, 9.17) is 44.3 Å². The highest BCUT2D eigenvalue weighted by Crippen LogP contribution is 2.36. The molecule has 4 aliphatic heterocycles. The molecule has 758 valence electrons. The molecular formula is C96H111Cl3N22O15S7. The van der Waals surface area contributed by atoms with Gasteiger partial charge in [0.1, 0.15) is 59.9 Å². The van der Waals surface area contributed by atoms with Gasteiger partial charge in [-0.05, 0) is 221 Å². The summed E-state index contributed by atoms with van der Waals surface area (Å²) in [4.78, 5) is 98.0. The summed E-state index contributed by atoms with van der Waals surface area (Å²) in [6, 6.07) is 57.8. The number of nitrogens with zero attached hydrogens (tertiary/aromatic N) is 17. The topological polar surface area (TPSA) is 428 Å². The zero-order chi connectivity index (χ0) is 101. The van der Waals surface area contributed by atoms with Gasteiger partial charge >= 0.3 is 0 Å². The first kappa shape index (κ1) is 102. The van der Waals surface area contributed by atoms with Gasteiger partial charge in [0.2, 0.25) is 33.9 Å². The Hall–Kier alpha value is -13.6. The summed E-state index contributed by atoms with van der Waals surface area (Å²) in [5, 5.41) is 10.1. The Kier molecular flexibility index (Phi) is 32.5. The number of halogens is 3. The summed E-state index contributed by atoms with van der Waals surface area (Å²) in [5.74, 6) is 0.794.